The number of halogens is 1. The van der Waals surface area contributed by atoms with E-state index in [2.05, 4.69) is 0 Å². The summed E-state index contributed by atoms with van der Waals surface area (Å²) in [5.74, 6) is 1.51. The predicted octanol–water partition coefficient (Wildman–Crippen LogP) is 6.95. The van der Waals surface area contributed by atoms with Crippen molar-refractivity contribution in [3.8, 4) is 17.2 Å². The molecule has 0 saturated carbocycles. The second-order valence-corrected chi connectivity index (χ2v) is 10.2. The van der Waals surface area contributed by atoms with Crippen LogP contribution >= 0.6 is 0 Å². The molecule has 37 heavy (non-hydrogen) atoms. The minimum Gasteiger partial charge on any atom is -0.493 e. The number of fused-ring (bicyclic) bond motifs is 1. The van der Waals surface area contributed by atoms with E-state index in [0.29, 0.717) is 17.8 Å². The molecule has 2 atom stereocenters. The number of allylic oxidation sites excluding steroid dienone is 2. The van der Waals surface area contributed by atoms with E-state index >= 15 is 0 Å². The highest BCUT2D eigenvalue weighted by molar-refractivity contribution is 5.88. The highest BCUT2D eigenvalue weighted by Crippen LogP contribution is 2.39. The largest absolute Gasteiger partial charge is 0.493 e. The molecule has 0 spiro atoms. The number of ether oxygens (including phenoxy) is 5. The van der Waals surface area contributed by atoms with Crippen LogP contribution < -0.4 is 19.6 Å². The van der Waals surface area contributed by atoms with Crippen molar-refractivity contribution >= 4 is 16.5 Å². The zero-order valence-electron chi connectivity index (χ0n) is 23.2. The van der Waals surface area contributed by atoms with Gasteiger partial charge in [-0.25, -0.2) is 4.39 Å². The minimum absolute atomic E-state index is 0.0198. The summed E-state index contributed by atoms with van der Waals surface area (Å²) in [6.45, 7) is 16.5. The molecule has 7 nitrogen and oxygen atoms in total. The lowest BCUT2D eigenvalue weighted by molar-refractivity contribution is -0.0147. The summed E-state index contributed by atoms with van der Waals surface area (Å²) in [6, 6.07) is 3.00. The van der Waals surface area contributed by atoms with Gasteiger partial charge in [0.15, 0.2) is 5.76 Å². The zero-order chi connectivity index (χ0) is 27.4. The molecule has 204 valence electrons. The van der Waals surface area contributed by atoms with Gasteiger partial charge in [0.25, 0.3) is 0 Å². The van der Waals surface area contributed by atoms with Crippen molar-refractivity contribution in [1.29, 1.82) is 0 Å². The maximum absolute atomic E-state index is 13.9. The molecule has 8 heteroatoms. The molecule has 0 saturated heterocycles. The molecule has 0 aliphatic heterocycles. The summed E-state index contributed by atoms with van der Waals surface area (Å²) in [4.78, 5) is 13.9. The quantitative estimate of drug-likeness (QED) is 0.318. The molecule has 1 aliphatic carbocycles. The maximum Gasteiger partial charge on any atom is 0.239 e. The molecule has 2 aromatic rings. The van der Waals surface area contributed by atoms with E-state index in [1.54, 1.807) is 0 Å². The molecular weight excluding hydrogens is 479 g/mol. The van der Waals surface area contributed by atoms with Crippen molar-refractivity contribution < 1.29 is 32.5 Å². The Morgan fingerprint density at radius 3 is 2.05 bits per heavy atom. The fraction of sp³-hybridized carbons (Fsp3) is 0.552. The van der Waals surface area contributed by atoms with E-state index in [1.807, 2.05) is 67.5 Å². The highest BCUT2D eigenvalue weighted by Gasteiger charge is 2.30. The third-order valence-corrected chi connectivity index (χ3v) is 5.18. The van der Waals surface area contributed by atoms with Crippen molar-refractivity contribution in [3.63, 3.8) is 0 Å². The standard InChI is InChI=1S/C29H39FO7/c1-15(2)32-22-11-10-20(12-23(22)33-16(3)4)28-29(35-18(7)8)27(31)26-24(34-17(5)6)13-21(36-19(9)30)14-25(26)37-28/h10-11,13-19,23H,12H2,1-9H3. The van der Waals surface area contributed by atoms with E-state index in [4.69, 9.17) is 28.1 Å². The van der Waals surface area contributed by atoms with E-state index in [1.165, 1.54) is 19.1 Å². The Kier molecular flexibility index (Phi) is 9.29. The highest BCUT2D eigenvalue weighted by atomic mass is 19.1. The topological polar surface area (TPSA) is 76.4 Å². The zero-order valence-corrected chi connectivity index (χ0v) is 23.2. The Balaban J connectivity index is 2.26. The Hall–Kier alpha value is -3.00. The van der Waals surface area contributed by atoms with Gasteiger partial charge in [-0.15, -0.1) is 0 Å². The molecule has 2 unspecified atom stereocenters. The summed E-state index contributed by atoms with van der Waals surface area (Å²) in [6.07, 6.45) is 1.59. The van der Waals surface area contributed by atoms with E-state index < -0.39 is 6.36 Å². The normalized spacial score (nSPS) is 16.9. The van der Waals surface area contributed by atoms with Crippen LogP contribution in [0.2, 0.25) is 0 Å². The Bertz CT molecular complexity index is 1200. The van der Waals surface area contributed by atoms with Crippen LogP contribution in [0, 0.1) is 0 Å². The third kappa shape index (κ3) is 7.28. The summed E-state index contributed by atoms with van der Waals surface area (Å²) in [7, 11) is 0. The first-order valence-electron chi connectivity index (χ1n) is 12.9. The van der Waals surface area contributed by atoms with Crippen LogP contribution in [0.25, 0.3) is 16.5 Å². The van der Waals surface area contributed by atoms with Crippen molar-refractivity contribution in [2.45, 2.75) is 106 Å². The van der Waals surface area contributed by atoms with E-state index in [9.17, 15) is 9.18 Å². The monoisotopic (exact) mass is 518 g/mol. The van der Waals surface area contributed by atoms with Gasteiger partial charge in [0, 0.05) is 31.1 Å². The number of alkyl halides is 1. The molecule has 0 fully saturated rings. The smallest absolute Gasteiger partial charge is 0.239 e. The summed E-state index contributed by atoms with van der Waals surface area (Å²) in [5, 5.41) is 0.206. The van der Waals surface area contributed by atoms with Crippen molar-refractivity contribution in [3.05, 3.63) is 46.0 Å². The van der Waals surface area contributed by atoms with Crippen molar-refractivity contribution in [1.82, 2.24) is 0 Å². The van der Waals surface area contributed by atoms with Gasteiger partial charge in [-0.2, -0.15) is 0 Å². The van der Waals surface area contributed by atoms with Gasteiger partial charge in [-0.3, -0.25) is 4.79 Å². The van der Waals surface area contributed by atoms with Gasteiger partial charge in [-0.05, 0) is 61.5 Å². The van der Waals surface area contributed by atoms with Crippen LogP contribution in [0.3, 0.4) is 0 Å². The van der Waals surface area contributed by atoms with Gasteiger partial charge in [-0.1, -0.05) is 6.08 Å². The summed E-state index contributed by atoms with van der Waals surface area (Å²) in [5.41, 5.74) is 0.545. The Morgan fingerprint density at radius 1 is 0.838 bits per heavy atom. The molecule has 1 aromatic heterocycles. The second-order valence-electron chi connectivity index (χ2n) is 10.2. The SMILES string of the molecule is CC(C)OC1=CC=C(c2oc3cc(OC(C)F)cc(OC(C)C)c3c(=O)c2OC(C)C)CC1OC(C)C. The average molecular weight is 519 g/mol. The summed E-state index contributed by atoms with van der Waals surface area (Å²) < 4.78 is 49.3. The molecule has 0 amide bonds. The second kappa shape index (κ2) is 12.0. The molecule has 1 heterocycles. The van der Waals surface area contributed by atoms with Crippen LogP contribution in [-0.2, 0) is 9.47 Å². The van der Waals surface area contributed by atoms with E-state index in [0.717, 1.165) is 0 Å². The van der Waals surface area contributed by atoms with Gasteiger partial charge >= 0.3 is 0 Å². The average Bonchev–Trinajstić information content (AvgIpc) is 2.74. The van der Waals surface area contributed by atoms with Crippen LogP contribution in [-0.4, -0.2) is 36.9 Å². The van der Waals surface area contributed by atoms with Gasteiger partial charge < -0.3 is 28.1 Å². The third-order valence-electron chi connectivity index (χ3n) is 5.18. The van der Waals surface area contributed by atoms with Crippen LogP contribution in [0.1, 0.15) is 74.5 Å². The molecule has 0 radical (unpaired) electrons. The van der Waals surface area contributed by atoms with Crippen LogP contribution in [0.5, 0.6) is 17.2 Å². The van der Waals surface area contributed by atoms with Crippen LogP contribution in [0.4, 0.5) is 4.39 Å². The molecule has 0 N–H and O–H groups in total. The van der Waals surface area contributed by atoms with E-state index in [-0.39, 0.29) is 69.9 Å². The fourth-order valence-electron chi connectivity index (χ4n) is 4.06. The number of hydrogen-bond acceptors (Lipinski definition) is 7. The van der Waals surface area contributed by atoms with Crippen LogP contribution in [0.15, 0.2) is 39.3 Å². The lowest BCUT2D eigenvalue weighted by Gasteiger charge is -2.28. The molecular formula is C29H39FO7. The number of benzene rings is 1. The van der Waals surface area contributed by atoms with Gasteiger partial charge in [0.1, 0.15) is 34.3 Å². The fourth-order valence-corrected chi connectivity index (χ4v) is 4.06. The first-order valence-corrected chi connectivity index (χ1v) is 12.9. The van der Waals surface area contributed by atoms with Gasteiger partial charge in [0.05, 0.1) is 24.4 Å². The Labute approximate surface area is 218 Å². The summed E-state index contributed by atoms with van der Waals surface area (Å²) >= 11 is 0. The first kappa shape index (κ1) is 28.6. The number of hydrogen-bond donors (Lipinski definition) is 0. The molecule has 1 aliphatic rings. The lowest BCUT2D eigenvalue weighted by atomic mass is 9.97. The maximum atomic E-state index is 13.9. The minimum atomic E-state index is -1.56. The molecule has 0 bridgehead atoms. The number of rotatable bonds is 11. The molecule has 3 rings (SSSR count). The predicted molar refractivity (Wildman–Crippen MR) is 142 cm³/mol. The van der Waals surface area contributed by atoms with Crippen molar-refractivity contribution in [2.75, 3.05) is 0 Å². The molecule has 1 aromatic carbocycles. The first-order chi connectivity index (χ1) is 17.3. The lowest BCUT2D eigenvalue weighted by Crippen LogP contribution is -2.26. The van der Waals surface area contributed by atoms with Gasteiger partial charge in [0.2, 0.25) is 17.5 Å². The Morgan fingerprint density at radius 2 is 1.49 bits per heavy atom. The van der Waals surface area contributed by atoms with Crippen molar-refractivity contribution in [2.24, 2.45) is 0 Å².